The van der Waals surface area contributed by atoms with Crippen LogP contribution in [-0.2, 0) is 21.2 Å². The van der Waals surface area contributed by atoms with Crippen molar-refractivity contribution in [3.05, 3.63) is 69.8 Å². The molecule has 11 heteroatoms. The van der Waals surface area contributed by atoms with Crippen LogP contribution >= 0.6 is 23.1 Å². The molecular formula is C22H19ClN4O4S2. The maximum absolute atomic E-state index is 12.4. The molecule has 0 aliphatic carbocycles. The van der Waals surface area contributed by atoms with Gasteiger partial charge >= 0.3 is 0 Å². The van der Waals surface area contributed by atoms with E-state index in [1.165, 1.54) is 13.0 Å². The minimum atomic E-state index is -3.59. The van der Waals surface area contributed by atoms with Gasteiger partial charge in [-0.15, -0.1) is 0 Å². The average molecular weight is 503 g/mol. The number of hydrogen-bond donors (Lipinski definition) is 1. The molecule has 0 atom stereocenters. The number of benzene rings is 2. The maximum Gasteiger partial charge on any atom is 0.268 e. The number of carbonyl (C=O) groups is 1. The summed E-state index contributed by atoms with van der Waals surface area (Å²) in [5.41, 5.74) is 2.45. The number of halogens is 1. The zero-order chi connectivity index (χ0) is 24.0. The smallest absolute Gasteiger partial charge is 0.268 e. The lowest BCUT2D eigenvalue weighted by Gasteiger charge is -2.09. The SMILES string of the molecule is CCS(=O)(=O)c1nsc(NC(=O)/C(C#N)=C\c2ccc(OCc3ccc(C)cc3)c(Cl)c2)n1. The zero-order valence-electron chi connectivity index (χ0n) is 17.7. The summed E-state index contributed by atoms with van der Waals surface area (Å²) in [6.07, 6.45) is 1.36. The Morgan fingerprint density at radius 3 is 2.64 bits per heavy atom. The van der Waals surface area contributed by atoms with Gasteiger partial charge in [0.2, 0.25) is 15.0 Å². The predicted molar refractivity (Wildman–Crippen MR) is 127 cm³/mol. The Labute approximate surface area is 200 Å². The van der Waals surface area contributed by atoms with Crippen molar-refractivity contribution in [2.75, 3.05) is 11.1 Å². The van der Waals surface area contributed by atoms with E-state index in [2.05, 4.69) is 14.7 Å². The van der Waals surface area contributed by atoms with Crippen molar-refractivity contribution < 1.29 is 17.9 Å². The number of nitrogens with zero attached hydrogens (tertiary/aromatic N) is 3. The summed E-state index contributed by atoms with van der Waals surface area (Å²) < 4.78 is 33.1. The summed E-state index contributed by atoms with van der Waals surface area (Å²) in [6.45, 7) is 3.82. The lowest BCUT2D eigenvalue weighted by molar-refractivity contribution is -0.112. The van der Waals surface area contributed by atoms with Gasteiger partial charge < -0.3 is 4.74 Å². The number of hydrogen-bond acceptors (Lipinski definition) is 8. The fraction of sp³-hybridized carbons (Fsp3) is 0.182. The van der Waals surface area contributed by atoms with Gasteiger partial charge in [0.15, 0.2) is 0 Å². The largest absolute Gasteiger partial charge is 0.487 e. The Morgan fingerprint density at radius 1 is 1.27 bits per heavy atom. The number of aryl methyl sites for hydroxylation is 1. The molecule has 33 heavy (non-hydrogen) atoms. The predicted octanol–water partition coefficient (Wildman–Crippen LogP) is 4.42. The van der Waals surface area contributed by atoms with E-state index in [0.29, 0.717) is 34.5 Å². The Morgan fingerprint density at radius 2 is 2.00 bits per heavy atom. The minimum Gasteiger partial charge on any atom is -0.487 e. The molecule has 2 aromatic carbocycles. The van der Waals surface area contributed by atoms with E-state index in [-0.39, 0.29) is 21.6 Å². The zero-order valence-corrected chi connectivity index (χ0v) is 20.1. The van der Waals surface area contributed by atoms with Crippen LogP contribution in [0.15, 0.2) is 53.2 Å². The van der Waals surface area contributed by atoms with Crippen molar-refractivity contribution in [2.45, 2.75) is 25.6 Å². The number of aromatic nitrogens is 2. The first-order chi connectivity index (χ1) is 15.7. The highest BCUT2D eigenvalue weighted by molar-refractivity contribution is 7.91. The van der Waals surface area contributed by atoms with Crippen LogP contribution in [0.4, 0.5) is 5.13 Å². The van der Waals surface area contributed by atoms with Gasteiger partial charge in [0.1, 0.15) is 24.0 Å². The van der Waals surface area contributed by atoms with Crippen molar-refractivity contribution in [1.29, 1.82) is 5.26 Å². The van der Waals surface area contributed by atoms with E-state index in [9.17, 15) is 18.5 Å². The third kappa shape index (κ3) is 6.38. The lowest BCUT2D eigenvalue weighted by Crippen LogP contribution is -2.13. The Kier molecular flexibility index (Phi) is 7.81. The third-order valence-electron chi connectivity index (χ3n) is 4.43. The second-order valence-electron chi connectivity index (χ2n) is 6.87. The molecule has 0 aliphatic rings. The van der Waals surface area contributed by atoms with Crippen molar-refractivity contribution in [1.82, 2.24) is 9.36 Å². The van der Waals surface area contributed by atoms with Gasteiger partial charge in [-0.25, -0.2) is 8.42 Å². The summed E-state index contributed by atoms with van der Waals surface area (Å²) in [5, 5.41) is 11.7. The standard InChI is InChI=1S/C22H19ClN4O4S2/c1-3-33(29,30)22-26-21(32-27-22)25-20(28)17(12-24)10-16-8-9-19(18(23)11-16)31-13-15-6-4-14(2)5-7-15/h4-11H,3,13H2,1-2H3,(H,25,26,27,28)/b17-10-. The van der Waals surface area contributed by atoms with Crippen LogP contribution in [0.3, 0.4) is 0 Å². The molecule has 3 rings (SSSR count). The van der Waals surface area contributed by atoms with E-state index in [1.54, 1.807) is 18.2 Å². The normalized spacial score (nSPS) is 11.6. The highest BCUT2D eigenvalue weighted by Crippen LogP contribution is 2.27. The van der Waals surface area contributed by atoms with Crippen molar-refractivity contribution in [3.8, 4) is 11.8 Å². The van der Waals surface area contributed by atoms with Gasteiger partial charge in [0.25, 0.3) is 11.1 Å². The Balaban J connectivity index is 1.70. The topological polar surface area (TPSA) is 122 Å². The molecule has 170 valence electrons. The van der Waals surface area contributed by atoms with Gasteiger partial charge in [-0.2, -0.15) is 14.6 Å². The van der Waals surface area contributed by atoms with Crippen LogP contribution < -0.4 is 10.1 Å². The van der Waals surface area contributed by atoms with Crippen LogP contribution in [0.1, 0.15) is 23.6 Å². The van der Waals surface area contributed by atoms with E-state index in [1.807, 2.05) is 37.3 Å². The second kappa shape index (κ2) is 10.6. The molecule has 0 saturated carbocycles. The summed E-state index contributed by atoms with van der Waals surface area (Å²) in [5.74, 6) is -0.438. The molecule has 1 amide bonds. The highest BCUT2D eigenvalue weighted by atomic mass is 35.5. The Hall–Kier alpha value is -3.26. The first kappa shape index (κ1) is 24.4. The van der Waals surface area contributed by atoms with E-state index < -0.39 is 15.7 Å². The van der Waals surface area contributed by atoms with E-state index >= 15 is 0 Å². The maximum atomic E-state index is 12.4. The van der Waals surface area contributed by atoms with Gasteiger partial charge in [0, 0.05) is 11.5 Å². The second-order valence-corrected chi connectivity index (χ2v) is 10.2. The molecule has 0 unspecified atom stereocenters. The summed E-state index contributed by atoms with van der Waals surface area (Å²) in [6, 6.07) is 14.6. The third-order valence-corrected chi connectivity index (χ3v) is 6.97. The fourth-order valence-electron chi connectivity index (χ4n) is 2.57. The molecule has 3 aromatic rings. The van der Waals surface area contributed by atoms with Gasteiger partial charge in [-0.3, -0.25) is 10.1 Å². The van der Waals surface area contributed by atoms with Gasteiger partial charge in [-0.05, 0) is 36.3 Å². The number of sulfone groups is 1. The summed E-state index contributed by atoms with van der Waals surface area (Å²) in [4.78, 5) is 16.2. The first-order valence-electron chi connectivity index (χ1n) is 9.69. The lowest BCUT2D eigenvalue weighted by atomic mass is 10.1. The molecular weight excluding hydrogens is 484 g/mol. The minimum absolute atomic E-state index is 0.0222. The Bertz CT molecular complexity index is 1340. The monoisotopic (exact) mass is 502 g/mol. The number of anilines is 1. The number of rotatable bonds is 8. The fourth-order valence-corrected chi connectivity index (χ4v) is 4.39. The average Bonchev–Trinajstić information content (AvgIpc) is 3.27. The van der Waals surface area contributed by atoms with Crippen molar-refractivity contribution >= 4 is 50.1 Å². The molecule has 0 aliphatic heterocycles. The van der Waals surface area contributed by atoms with Gasteiger partial charge in [0.05, 0.1) is 10.8 Å². The van der Waals surface area contributed by atoms with Gasteiger partial charge in [-0.1, -0.05) is 54.4 Å². The van der Waals surface area contributed by atoms with Crippen LogP contribution in [0, 0.1) is 18.3 Å². The number of nitrogens with one attached hydrogen (secondary N) is 1. The molecule has 0 saturated heterocycles. The molecule has 0 spiro atoms. The van der Waals surface area contributed by atoms with Crippen LogP contribution in [-0.4, -0.2) is 29.4 Å². The molecule has 0 fully saturated rings. The number of nitriles is 1. The summed E-state index contributed by atoms with van der Waals surface area (Å²) in [7, 11) is -3.59. The van der Waals surface area contributed by atoms with E-state index in [0.717, 1.165) is 11.1 Å². The quantitative estimate of drug-likeness (QED) is 0.357. The summed E-state index contributed by atoms with van der Waals surface area (Å²) >= 11 is 7.02. The van der Waals surface area contributed by atoms with Crippen LogP contribution in [0.2, 0.25) is 5.02 Å². The molecule has 1 aromatic heterocycles. The number of ether oxygens (including phenoxy) is 1. The molecule has 1 heterocycles. The number of carbonyl (C=O) groups excluding carboxylic acids is 1. The molecule has 8 nitrogen and oxygen atoms in total. The van der Waals surface area contributed by atoms with Crippen molar-refractivity contribution in [3.63, 3.8) is 0 Å². The molecule has 0 radical (unpaired) electrons. The van der Waals surface area contributed by atoms with E-state index in [4.69, 9.17) is 16.3 Å². The molecule has 0 bridgehead atoms. The van der Waals surface area contributed by atoms with Crippen molar-refractivity contribution in [2.24, 2.45) is 0 Å². The van der Waals surface area contributed by atoms with Crippen LogP contribution in [0.25, 0.3) is 6.08 Å². The molecule has 1 N–H and O–H groups in total. The number of amides is 1. The van der Waals surface area contributed by atoms with Crippen LogP contribution in [0.5, 0.6) is 5.75 Å². The highest BCUT2D eigenvalue weighted by Gasteiger charge is 2.20. The first-order valence-corrected chi connectivity index (χ1v) is 12.5.